The number of hydrogen-bond acceptors (Lipinski definition) is 5. The van der Waals surface area contributed by atoms with Gasteiger partial charge in [0.25, 0.3) is 0 Å². The number of hydrogen-bond donors (Lipinski definition) is 0. The van der Waals surface area contributed by atoms with Crippen molar-refractivity contribution in [1.82, 2.24) is 4.98 Å². The van der Waals surface area contributed by atoms with Crippen LogP contribution in [0.5, 0.6) is 5.75 Å². The first-order valence-corrected chi connectivity index (χ1v) is 8.67. The second-order valence-corrected chi connectivity index (χ2v) is 6.42. The van der Waals surface area contributed by atoms with Crippen molar-refractivity contribution >= 4 is 16.8 Å². The summed E-state index contributed by atoms with van der Waals surface area (Å²) >= 11 is 0. The molecule has 30 heavy (non-hydrogen) atoms. The number of ether oxygens (including phenoxy) is 1. The molecule has 1 heterocycles. The van der Waals surface area contributed by atoms with Gasteiger partial charge in [-0.3, -0.25) is 10.1 Å². The van der Waals surface area contributed by atoms with Gasteiger partial charge in [0.05, 0.1) is 17.6 Å². The van der Waals surface area contributed by atoms with Gasteiger partial charge in [-0.2, -0.15) is 13.2 Å². The molecule has 3 aromatic carbocycles. The molecule has 0 radical (unpaired) electrons. The largest absolute Gasteiger partial charge is 0.490 e. The minimum atomic E-state index is -4.40. The first-order chi connectivity index (χ1) is 14.3. The van der Waals surface area contributed by atoms with E-state index in [1.807, 2.05) is 0 Å². The maximum Gasteiger partial charge on any atom is 0.416 e. The average Bonchev–Trinajstić information content (AvgIpc) is 3.16. The van der Waals surface area contributed by atoms with Gasteiger partial charge in [-0.05, 0) is 47.5 Å². The van der Waals surface area contributed by atoms with Gasteiger partial charge in [0.1, 0.15) is 5.52 Å². The van der Waals surface area contributed by atoms with E-state index in [0.29, 0.717) is 27.8 Å². The molecule has 0 fully saturated rings. The quantitative estimate of drug-likeness (QED) is 0.298. The fourth-order valence-electron chi connectivity index (χ4n) is 3.05. The Bertz CT molecular complexity index is 1250. The lowest BCUT2D eigenvalue weighted by molar-refractivity contribution is -0.385. The molecular formula is C21H13F3N2O4. The van der Waals surface area contributed by atoms with Crippen molar-refractivity contribution in [3.63, 3.8) is 0 Å². The summed E-state index contributed by atoms with van der Waals surface area (Å²) in [4.78, 5) is 15.0. The average molecular weight is 414 g/mol. The van der Waals surface area contributed by atoms with Crippen LogP contribution < -0.4 is 4.74 Å². The van der Waals surface area contributed by atoms with Crippen LogP contribution in [-0.4, -0.2) is 17.0 Å². The van der Waals surface area contributed by atoms with Crippen molar-refractivity contribution in [3.8, 4) is 28.3 Å². The number of oxazole rings is 1. The minimum Gasteiger partial charge on any atom is -0.490 e. The van der Waals surface area contributed by atoms with Crippen LogP contribution in [-0.2, 0) is 6.18 Å². The van der Waals surface area contributed by atoms with E-state index in [1.54, 1.807) is 24.3 Å². The van der Waals surface area contributed by atoms with Crippen molar-refractivity contribution in [1.29, 1.82) is 0 Å². The molecule has 0 aliphatic heterocycles. The second-order valence-electron chi connectivity index (χ2n) is 6.42. The van der Waals surface area contributed by atoms with Gasteiger partial charge in [0, 0.05) is 11.6 Å². The van der Waals surface area contributed by atoms with Crippen LogP contribution in [0.4, 0.5) is 18.9 Å². The second kappa shape index (κ2) is 7.18. The van der Waals surface area contributed by atoms with Gasteiger partial charge >= 0.3 is 11.9 Å². The monoisotopic (exact) mass is 414 g/mol. The molecule has 4 aromatic rings. The summed E-state index contributed by atoms with van der Waals surface area (Å²) in [5, 5.41) is 11.2. The van der Waals surface area contributed by atoms with Crippen molar-refractivity contribution in [2.24, 2.45) is 0 Å². The van der Waals surface area contributed by atoms with Gasteiger partial charge in [-0.1, -0.05) is 18.2 Å². The third kappa shape index (κ3) is 3.57. The highest BCUT2D eigenvalue weighted by atomic mass is 19.4. The molecule has 0 N–H and O–H groups in total. The zero-order chi connectivity index (χ0) is 21.5. The Morgan fingerprint density at radius 3 is 2.27 bits per heavy atom. The lowest BCUT2D eigenvalue weighted by Crippen LogP contribution is -2.03. The van der Waals surface area contributed by atoms with E-state index in [2.05, 4.69) is 4.98 Å². The Kier molecular flexibility index (Phi) is 4.65. The molecule has 0 saturated carbocycles. The number of methoxy groups -OCH3 is 1. The lowest BCUT2D eigenvalue weighted by atomic mass is 10.0. The molecule has 0 unspecified atom stereocenters. The lowest BCUT2D eigenvalue weighted by Gasteiger charge is -2.07. The third-order valence-corrected chi connectivity index (χ3v) is 4.56. The maximum absolute atomic E-state index is 12.7. The van der Waals surface area contributed by atoms with Crippen LogP contribution in [0.2, 0.25) is 0 Å². The zero-order valence-electron chi connectivity index (χ0n) is 15.4. The summed E-state index contributed by atoms with van der Waals surface area (Å²) in [5.74, 6) is 0.296. The van der Waals surface area contributed by atoms with Gasteiger partial charge in [0.2, 0.25) is 5.89 Å². The van der Waals surface area contributed by atoms with Crippen LogP contribution in [0, 0.1) is 10.1 Å². The molecule has 152 valence electrons. The number of fused-ring (bicyclic) bond motifs is 1. The van der Waals surface area contributed by atoms with E-state index >= 15 is 0 Å². The third-order valence-electron chi connectivity index (χ3n) is 4.56. The van der Waals surface area contributed by atoms with E-state index < -0.39 is 16.7 Å². The predicted octanol–water partition coefficient (Wildman–Crippen LogP) is 6.10. The Labute approximate surface area is 167 Å². The smallest absolute Gasteiger partial charge is 0.416 e. The van der Waals surface area contributed by atoms with Crippen molar-refractivity contribution in [3.05, 3.63) is 76.3 Å². The Hall–Kier alpha value is -3.88. The molecule has 0 atom stereocenters. The van der Waals surface area contributed by atoms with Crippen LogP contribution in [0.15, 0.2) is 65.1 Å². The molecule has 6 nitrogen and oxygen atoms in total. The van der Waals surface area contributed by atoms with Gasteiger partial charge in [-0.15, -0.1) is 0 Å². The van der Waals surface area contributed by atoms with Crippen LogP contribution in [0.1, 0.15) is 5.56 Å². The predicted molar refractivity (Wildman–Crippen MR) is 103 cm³/mol. The van der Waals surface area contributed by atoms with Crippen molar-refractivity contribution in [2.75, 3.05) is 7.11 Å². The standard InChI is InChI=1S/C21H13F3N2O4/c1-29-19-9-5-14(11-17(19)26(27)28)20-25-16-10-13(4-8-18(16)30-20)12-2-6-15(7-3-12)21(22,23)24/h2-11H,1H3. The van der Waals surface area contributed by atoms with E-state index in [-0.39, 0.29) is 17.3 Å². The summed E-state index contributed by atoms with van der Waals surface area (Å²) in [6.45, 7) is 0. The van der Waals surface area contributed by atoms with Gasteiger partial charge in [0.15, 0.2) is 11.3 Å². The summed E-state index contributed by atoms with van der Waals surface area (Å²) < 4.78 is 48.9. The Balaban J connectivity index is 1.71. The summed E-state index contributed by atoms with van der Waals surface area (Å²) in [5.41, 5.74) is 1.63. The molecule has 0 spiro atoms. The molecule has 0 aliphatic carbocycles. The van der Waals surface area contributed by atoms with E-state index in [4.69, 9.17) is 9.15 Å². The first-order valence-electron chi connectivity index (χ1n) is 8.67. The van der Waals surface area contributed by atoms with Crippen molar-refractivity contribution in [2.45, 2.75) is 6.18 Å². The maximum atomic E-state index is 12.7. The molecule has 1 aromatic heterocycles. The molecule has 4 rings (SSSR count). The number of benzene rings is 3. The molecule has 0 saturated heterocycles. The van der Waals surface area contributed by atoms with Crippen molar-refractivity contribution < 1.29 is 27.2 Å². The highest BCUT2D eigenvalue weighted by Crippen LogP contribution is 2.35. The highest BCUT2D eigenvalue weighted by molar-refractivity contribution is 5.82. The number of rotatable bonds is 4. The topological polar surface area (TPSA) is 78.4 Å². The Morgan fingerprint density at radius 1 is 0.967 bits per heavy atom. The number of nitrogens with zero attached hydrogens (tertiary/aromatic N) is 2. The fraction of sp³-hybridized carbons (Fsp3) is 0.0952. The summed E-state index contributed by atoms with van der Waals surface area (Å²) in [7, 11) is 1.34. The molecule has 0 aliphatic rings. The van der Waals surface area contributed by atoms with E-state index in [0.717, 1.165) is 12.1 Å². The molecule has 0 bridgehead atoms. The SMILES string of the molecule is COc1ccc(-c2nc3cc(-c4ccc(C(F)(F)F)cc4)ccc3o2)cc1[N+](=O)[O-]. The fourth-order valence-corrected chi connectivity index (χ4v) is 3.05. The van der Waals surface area contributed by atoms with Crippen LogP contribution >= 0.6 is 0 Å². The van der Waals surface area contributed by atoms with Crippen LogP contribution in [0.25, 0.3) is 33.7 Å². The molecular weight excluding hydrogens is 401 g/mol. The number of alkyl halides is 3. The van der Waals surface area contributed by atoms with Gasteiger partial charge in [-0.25, -0.2) is 4.98 Å². The van der Waals surface area contributed by atoms with Crippen LogP contribution in [0.3, 0.4) is 0 Å². The number of aromatic nitrogens is 1. The Morgan fingerprint density at radius 2 is 1.63 bits per heavy atom. The summed E-state index contributed by atoms with van der Waals surface area (Å²) in [6.07, 6.45) is -4.40. The normalized spacial score (nSPS) is 11.6. The van der Waals surface area contributed by atoms with E-state index in [1.165, 1.54) is 31.4 Å². The highest BCUT2D eigenvalue weighted by Gasteiger charge is 2.30. The first kappa shape index (κ1) is 19.4. The number of nitro benzene ring substituents is 1. The van der Waals surface area contributed by atoms with Gasteiger partial charge < -0.3 is 9.15 Å². The number of nitro groups is 1. The minimum absolute atomic E-state index is 0.115. The summed E-state index contributed by atoms with van der Waals surface area (Å²) in [6, 6.07) is 14.2. The number of halogens is 3. The molecule has 9 heteroatoms. The van der Waals surface area contributed by atoms with E-state index in [9.17, 15) is 23.3 Å². The zero-order valence-corrected chi connectivity index (χ0v) is 15.4. The molecule has 0 amide bonds.